The summed E-state index contributed by atoms with van der Waals surface area (Å²) in [6.07, 6.45) is -5.99. The molecule has 2 fully saturated rings. The zero-order valence-electron chi connectivity index (χ0n) is 11.1. The summed E-state index contributed by atoms with van der Waals surface area (Å²) < 4.78 is 90.9. The van der Waals surface area contributed by atoms with E-state index in [1.807, 2.05) is 0 Å². The van der Waals surface area contributed by atoms with E-state index in [4.69, 9.17) is 9.47 Å². The summed E-state index contributed by atoms with van der Waals surface area (Å²) in [5.74, 6) is -9.45. The number of halogens is 6. The molecule has 0 radical (unpaired) electrons. The SMILES string of the molecule is FC(F)(F)C(F)(F)C(F)(N1CCOCC1)N1CCOCC1. The molecule has 0 amide bonds. The molecular weight excluding hydrogens is 306 g/mol. The summed E-state index contributed by atoms with van der Waals surface area (Å²) in [7, 11) is 0. The van der Waals surface area contributed by atoms with Crippen molar-refractivity contribution in [1.82, 2.24) is 9.80 Å². The van der Waals surface area contributed by atoms with Crippen LogP contribution in [-0.4, -0.2) is 80.4 Å². The predicted molar refractivity (Wildman–Crippen MR) is 59.6 cm³/mol. The van der Waals surface area contributed by atoms with Gasteiger partial charge in [0, 0.05) is 26.2 Å². The summed E-state index contributed by atoms with van der Waals surface area (Å²) in [5, 5.41) is 0. The van der Waals surface area contributed by atoms with Crippen molar-refractivity contribution in [2.24, 2.45) is 0 Å². The van der Waals surface area contributed by atoms with Gasteiger partial charge in [0.2, 0.25) is 0 Å². The Bertz CT molecular complexity index is 335. The monoisotopic (exact) mass is 322 g/mol. The first-order valence-electron chi connectivity index (χ1n) is 6.50. The van der Waals surface area contributed by atoms with Crippen LogP contribution in [0.2, 0.25) is 0 Å². The Balaban J connectivity index is 2.36. The molecule has 0 spiro atoms. The Morgan fingerprint density at radius 3 is 1.24 bits per heavy atom. The maximum atomic E-state index is 15.1. The summed E-state index contributed by atoms with van der Waals surface area (Å²) in [5.41, 5.74) is 0. The van der Waals surface area contributed by atoms with Gasteiger partial charge in [-0.15, -0.1) is 0 Å². The lowest BCUT2D eigenvalue weighted by atomic mass is 10.1. The lowest BCUT2D eigenvalue weighted by Gasteiger charge is -2.50. The van der Waals surface area contributed by atoms with Crippen molar-refractivity contribution < 1.29 is 35.8 Å². The summed E-state index contributed by atoms with van der Waals surface area (Å²) >= 11 is 0. The minimum Gasteiger partial charge on any atom is -0.379 e. The van der Waals surface area contributed by atoms with Gasteiger partial charge >= 0.3 is 12.1 Å². The van der Waals surface area contributed by atoms with Gasteiger partial charge in [0.25, 0.3) is 5.92 Å². The third kappa shape index (κ3) is 2.86. The van der Waals surface area contributed by atoms with E-state index in [-0.39, 0.29) is 52.6 Å². The molecule has 2 aliphatic rings. The lowest BCUT2D eigenvalue weighted by Crippen LogP contribution is -2.74. The van der Waals surface area contributed by atoms with Crippen LogP contribution in [0.15, 0.2) is 0 Å². The fourth-order valence-electron chi connectivity index (χ4n) is 2.50. The van der Waals surface area contributed by atoms with Crippen molar-refractivity contribution in [2.75, 3.05) is 52.6 Å². The molecule has 0 atom stereocenters. The van der Waals surface area contributed by atoms with Gasteiger partial charge in [-0.2, -0.15) is 22.0 Å². The van der Waals surface area contributed by atoms with Gasteiger partial charge in [-0.1, -0.05) is 0 Å². The number of morpholine rings is 2. The van der Waals surface area contributed by atoms with E-state index in [1.165, 1.54) is 0 Å². The minimum atomic E-state index is -5.99. The number of nitrogens with zero attached hydrogens (tertiary/aromatic N) is 2. The van der Waals surface area contributed by atoms with E-state index in [9.17, 15) is 22.0 Å². The van der Waals surface area contributed by atoms with Crippen LogP contribution in [-0.2, 0) is 9.47 Å². The molecule has 0 saturated carbocycles. The van der Waals surface area contributed by atoms with Crippen LogP contribution in [0.1, 0.15) is 0 Å². The molecule has 10 heteroatoms. The first-order valence-corrected chi connectivity index (χ1v) is 6.50. The van der Waals surface area contributed by atoms with E-state index < -0.39 is 18.0 Å². The molecule has 4 nitrogen and oxygen atoms in total. The Hall–Kier alpha value is -0.580. The average Bonchev–Trinajstić information content (AvgIpc) is 2.47. The molecule has 2 aliphatic heterocycles. The van der Waals surface area contributed by atoms with Crippen molar-refractivity contribution in [2.45, 2.75) is 18.0 Å². The van der Waals surface area contributed by atoms with Crippen molar-refractivity contribution in [1.29, 1.82) is 0 Å². The van der Waals surface area contributed by atoms with E-state index in [1.54, 1.807) is 0 Å². The van der Waals surface area contributed by atoms with Gasteiger partial charge in [-0.3, -0.25) is 0 Å². The van der Waals surface area contributed by atoms with Gasteiger partial charge in [-0.05, 0) is 0 Å². The molecule has 21 heavy (non-hydrogen) atoms. The van der Waals surface area contributed by atoms with E-state index in [0.717, 1.165) is 0 Å². The van der Waals surface area contributed by atoms with Crippen LogP contribution in [0.3, 0.4) is 0 Å². The molecule has 0 N–H and O–H groups in total. The van der Waals surface area contributed by atoms with Crippen LogP contribution in [0.25, 0.3) is 0 Å². The second-order valence-electron chi connectivity index (χ2n) is 4.86. The number of rotatable bonds is 3. The van der Waals surface area contributed by atoms with E-state index >= 15 is 4.39 Å². The van der Waals surface area contributed by atoms with Crippen LogP contribution in [0.5, 0.6) is 0 Å². The van der Waals surface area contributed by atoms with Gasteiger partial charge in [0.1, 0.15) is 0 Å². The highest BCUT2D eigenvalue weighted by Crippen LogP contribution is 2.49. The third-order valence-electron chi connectivity index (χ3n) is 3.62. The van der Waals surface area contributed by atoms with Crippen LogP contribution < -0.4 is 0 Å². The van der Waals surface area contributed by atoms with Crippen LogP contribution in [0, 0.1) is 0 Å². The highest BCUT2D eigenvalue weighted by atomic mass is 19.4. The topological polar surface area (TPSA) is 24.9 Å². The first-order chi connectivity index (χ1) is 9.71. The molecule has 2 saturated heterocycles. The molecule has 0 aliphatic carbocycles. The molecule has 2 heterocycles. The zero-order valence-corrected chi connectivity index (χ0v) is 11.1. The Morgan fingerprint density at radius 2 is 0.952 bits per heavy atom. The van der Waals surface area contributed by atoms with Crippen molar-refractivity contribution in [3.05, 3.63) is 0 Å². The lowest BCUT2D eigenvalue weighted by molar-refractivity contribution is -0.394. The maximum Gasteiger partial charge on any atom is 0.459 e. The Kier molecular flexibility index (Phi) is 4.72. The summed E-state index contributed by atoms with van der Waals surface area (Å²) in [4.78, 5) is 1.02. The molecule has 0 aromatic carbocycles. The highest BCUT2D eigenvalue weighted by Gasteiger charge is 2.75. The molecular formula is C11H16F6N2O2. The third-order valence-corrected chi connectivity index (χ3v) is 3.62. The van der Waals surface area contributed by atoms with Crippen molar-refractivity contribution in [3.63, 3.8) is 0 Å². The minimum absolute atomic E-state index is 0.0933. The molecule has 0 aromatic heterocycles. The number of alkyl halides is 6. The second-order valence-corrected chi connectivity index (χ2v) is 4.86. The quantitative estimate of drug-likeness (QED) is 0.580. The van der Waals surface area contributed by atoms with E-state index in [2.05, 4.69) is 0 Å². The average molecular weight is 322 g/mol. The van der Waals surface area contributed by atoms with Crippen LogP contribution >= 0.6 is 0 Å². The standard InChI is InChI=1S/C11H16F6N2O2/c12-9(13,10(14,15)16)11(17,18-1-5-20-6-2-18)19-3-7-21-8-4-19/h1-8H2. The fourth-order valence-corrected chi connectivity index (χ4v) is 2.50. The van der Waals surface area contributed by atoms with Crippen molar-refractivity contribution in [3.8, 4) is 0 Å². The van der Waals surface area contributed by atoms with Crippen LogP contribution in [0.4, 0.5) is 26.3 Å². The molecule has 124 valence electrons. The molecule has 0 aromatic rings. The maximum absolute atomic E-state index is 15.1. The first kappa shape index (κ1) is 16.8. The van der Waals surface area contributed by atoms with Gasteiger partial charge in [0.05, 0.1) is 26.4 Å². The normalized spacial score (nSPS) is 24.3. The molecule has 0 unspecified atom stereocenters. The number of hydrogen-bond donors (Lipinski definition) is 0. The molecule has 0 bridgehead atoms. The van der Waals surface area contributed by atoms with E-state index in [0.29, 0.717) is 9.80 Å². The highest BCUT2D eigenvalue weighted by molar-refractivity contribution is 4.99. The second kappa shape index (κ2) is 5.90. The number of ether oxygens (including phenoxy) is 2. The zero-order chi connectivity index (χ0) is 15.7. The Morgan fingerprint density at radius 1 is 0.619 bits per heavy atom. The summed E-state index contributed by atoms with van der Waals surface area (Å²) in [6.45, 7) is -1.71. The smallest absolute Gasteiger partial charge is 0.379 e. The Labute approximate surface area is 117 Å². The number of hydrogen-bond acceptors (Lipinski definition) is 4. The van der Waals surface area contributed by atoms with Crippen molar-refractivity contribution >= 4 is 0 Å². The van der Waals surface area contributed by atoms with Gasteiger partial charge in [-0.25, -0.2) is 14.2 Å². The fraction of sp³-hybridized carbons (Fsp3) is 1.00. The van der Waals surface area contributed by atoms with Gasteiger partial charge < -0.3 is 9.47 Å². The predicted octanol–water partition coefficient (Wildman–Crippen LogP) is 1.47. The van der Waals surface area contributed by atoms with Gasteiger partial charge in [0.15, 0.2) is 0 Å². The summed E-state index contributed by atoms with van der Waals surface area (Å²) in [6, 6.07) is 0. The molecule has 2 rings (SSSR count). The largest absolute Gasteiger partial charge is 0.459 e.